The Morgan fingerprint density at radius 3 is 2.69 bits per heavy atom. The summed E-state index contributed by atoms with van der Waals surface area (Å²) >= 11 is 0. The molecule has 1 aliphatic rings. The third-order valence-corrected chi connectivity index (χ3v) is 2.80. The Bertz CT molecular complexity index is 360. The molecule has 2 rings (SSSR count). The molecular weight excluding hydrogens is 200 g/mol. The van der Waals surface area contributed by atoms with Crippen LogP contribution in [0.2, 0.25) is 0 Å². The summed E-state index contributed by atoms with van der Waals surface area (Å²) in [5, 5.41) is 3.25. The van der Waals surface area contributed by atoms with Gasteiger partial charge in [0.15, 0.2) is 0 Å². The van der Waals surface area contributed by atoms with Crippen LogP contribution in [0.3, 0.4) is 0 Å². The van der Waals surface area contributed by atoms with E-state index in [1.807, 2.05) is 6.92 Å². The zero-order chi connectivity index (χ0) is 11.5. The Morgan fingerprint density at radius 1 is 1.38 bits per heavy atom. The lowest BCUT2D eigenvalue weighted by Crippen LogP contribution is -2.26. The summed E-state index contributed by atoms with van der Waals surface area (Å²) in [6.45, 7) is 8.13. The number of aromatic nitrogens is 2. The molecule has 4 heteroatoms. The number of anilines is 2. The van der Waals surface area contributed by atoms with Gasteiger partial charge in [-0.05, 0) is 33.6 Å². The minimum atomic E-state index is 0.703. The van der Waals surface area contributed by atoms with Crippen LogP contribution >= 0.6 is 0 Å². The van der Waals surface area contributed by atoms with Crippen LogP contribution in [-0.4, -0.2) is 29.1 Å². The Balaban J connectivity index is 2.24. The van der Waals surface area contributed by atoms with E-state index in [0.29, 0.717) is 6.04 Å². The quantitative estimate of drug-likeness (QED) is 0.826. The molecule has 0 spiro atoms. The fourth-order valence-corrected chi connectivity index (χ4v) is 1.96. The number of nitrogens with one attached hydrogen (secondary N) is 1. The number of hydrogen-bond donors (Lipinski definition) is 1. The molecule has 0 aromatic carbocycles. The van der Waals surface area contributed by atoms with Crippen molar-refractivity contribution in [2.24, 2.45) is 0 Å². The van der Waals surface area contributed by atoms with Crippen molar-refractivity contribution in [2.75, 3.05) is 23.3 Å². The molecule has 1 aromatic heterocycles. The predicted octanol–water partition coefficient (Wildman–Crippen LogP) is 2.21. The number of rotatable bonds is 5. The van der Waals surface area contributed by atoms with E-state index in [2.05, 4.69) is 40.1 Å². The van der Waals surface area contributed by atoms with Gasteiger partial charge in [0, 0.05) is 25.2 Å². The molecule has 0 atom stereocenters. The van der Waals surface area contributed by atoms with E-state index < -0.39 is 0 Å². The van der Waals surface area contributed by atoms with Gasteiger partial charge in [0.1, 0.15) is 17.5 Å². The van der Waals surface area contributed by atoms with Gasteiger partial charge in [-0.15, -0.1) is 0 Å². The van der Waals surface area contributed by atoms with Crippen molar-refractivity contribution in [3.8, 4) is 0 Å². The van der Waals surface area contributed by atoms with Gasteiger partial charge in [0.25, 0.3) is 0 Å². The van der Waals surface area contributed by atoms with Crippen LogP contribution in [0, 0.1) is 6.92 Å². The first kappa shape index (κ1) is 11.2. The van der Waals surface area contributed by atoms with E-state index in [1.165, 1.54) is 12.8 Å². The van der Waals surface area contributed by atoms with Crippen LogP contribution in [0.25, 0.3) is 0 Å². The summed E-state index contributed by atoms with van der Waals surface area (Å²) in [5.74, 6) is 2.84. The van der Waals surface area contributed by atoms with Gasteiger partial charge in [-0.25, -0.2) is 9.97 Å². The average Bonchev–Trinajstić information content (AvgIpc) is 3.03. The van der Waals surface area contributed by atoms with E-state index in [1.54, 1.807) is 0 Å². The molecule has 0 unspecified atom stereocenters. The Morgan fingerprint density at radius 2 is 2.12 bits per heavy atom. The smallest absolute Gasteiger partial charge is 0.134 e. The van der Waals surface area contributed by atoms with Crippen LogP contribution in [0.5, 0.6) is 0 Å². The number of hydrogen-bond acceptors (Lipinski definition) is 4. The van der Waals surface area contributed by atoms with Crippen molar-refractivity contribution in [1.29, 1.82) is 0 Å². The largest absolute Gasteiger partial charge is 0.370 e. The van der Waals surface area contributed by atoms with E-state index in [-0.39, 0.29) is 0 Å². The first-order valence-electron chi connectivity index (χ1n) is 6.10. The first-order valence-corrected chi connectivity index (χ1v) is 6.10. The summed E-state index contributed by atoms with van der Waals surface area (Å²) in [6.07, 6.45) is 2.60. The summed E-state index contributed by atoms with van der Waals surface area (Å²) < 4.78 is 0. The van der Waals surface area contributed by atoms with Gasteiger partial charge in [-0.3, -0.25) is 0 Å². The molecular formula is C12H20N4. The summed E-state index contributed by atoms with van der Waals surface area (Å²) in [6, 6.07) is 2.76. The van der Waals surface area contributed by atoms with Gasteiger partial charge in [0.2, 0.25) is 0 Å². The molecule has 88 valence electrons. The zero-order valence-electron chi connectivity index (χ0n) is 10.3. The van der Waals surface area contributed by atoms with Crippen LogP contribution in [0.15, 0.2) is 6.07 Å². The molecule has 16 heavy (non-hydrogen) atoms. The van der Waals surface area contributed by atoms with E-state index in [9.17, 15) is 0 Å². The second-order valence-corrected chi connectivity index (χ2v) is 4.21. The molecule has 1 aromatic rings. The number of nitrogens with zero attached hydrogens (tertiary/aromatic N) is 3. The predicted molar refractivity (Wildman–Crippen MR) is 67.0 cm³/mol. The van der Waals surface area contributed by atoms with E-state index in [0.717, 1.165) is 30.5 Å². The summed E-state index contributed by atoms with van der Waals surface area (Å²) in [5.41, 5.74) is 0. The lowest BCUT2D eigenvalue weighted by Gasteiger charge is -2.22. The van der Waals surface area contributed by atoms with Gasteiger partial charge in [-0.2, -0.15) is 0 Å². The molecule has 1 fully saturated rings. The fourth-order valence-electron chi connectivity index (χ4n) is 1.96. The SMILES string of the molecule is CCNc1cc(N(CC)C2CC2)nc(C)n1. The molecule has 1 heterocycles. The summed E-state index contributed by atoms with van der Waals surface area (Å²) in [7, 11) is 0. The Kier molecular flexibility index (Phi) is 3.27. The van der Waals surface area contributed by atoms with Crippen LogP contribution < -0.4 is 10.2 Å². The molecule has 0 aliphatic heterocycles. The van der Waals surface area contributed by atoms with Crippen molar-refractivity contribution in [2.45, 2.75) is 39.7 Å². The fraction of sp³-hybridized carbons (Fsp3) is 0.667. The standard InChI is InChI=1S/C12H20N4/c1-4-13-11-8-12(15-9(3)14-11)16(5-2)10-6-7-10/h8,10H,4-7H2,1-3H3,(H,13,14,15). The second-order valence-electron chi connectivity index (χ2n) is 4.21. The Labute approximate surface area is 97.1 Å². The number of aryl methyl sites for hydroxylation is 1. The van der Waals surface area contributed by atoms with Crippen molar-refractivity contribution >= 4 is 11.6 Å². The molecule has 0 amide bonds. The van der Waals surface area contributed by atoms with Gasteiger partial charge >= 0.3 is 0 Å². The maximum atomic E-state index is 4.52. The molecule has 4 nitrogen and oxygen atoms in total. The van der Waals surface area contributed by atoms with E-state index in [4.69, 9.17) is 0 Å². The maximum absolute atomic E-state index is 4.52. The third kappa shape index (κ3) is 2.43. The molecule has 0 bridgehead atoms. The Hall–Kier alpha value is -1.32. The third-order valence-electron chi connectivity index (χ3n) is 2.80. The van der Waals surface area contributed by atoms with Crippen LogP contribution in [0.4, 0.5) is 11.6 Å². The lowest BCUT2D eigenvalue weighted by atomic mass is 10.4. The highest BCUT2D eigenvalue weighted by Gasteiger charge is 2.29. The summed E-state index contributed by atoms with van der Waals surface area (Å²) in [4.78, 5) is 11.3. The maximum Gasteiger partial charge on any atom is 0.134 e. The van der Waals surface area contributed by atoms with Crippen molar-refractivity contribution in [3.63, 3.8) is 0 Å². The average molecular weight is 220 g/mol. The highest BCUT2D eigenvalue weighted by molar-refractivity contribution is 5.50. The highest BCUT2D eigenvalue weighted by atomic mass is 15.2. The second kappa shape index (κ2) is 4.68. The zero-order valence-corrected chi connectivity index (χ0v) is 10.3. The highest BCUT2D eigenvalue weighted by Crippen LogP contribution is 2.31. The monoisotopic (exact) mass is 220 g/mol. The molecule has 1 N–H and O–H groups in total. The molecule has 0 saturated heterocycles. The van der Waals surface area contributed by atoms with Crippen LogP contribution in [0.1, 0.15) is 32.5 Å². The van der Waals surface area contributed by atoms with Gasteiger partial charge in [0.05, 0.1) is 0 Å². The van der Waals surface area contributed by atoms with Crippen molar-refractivity contribution in [1.82, 2.24) is 9.97 Å². The minimum absolute atomic E-state index is 0.703. The normalized spacial score (nSPS) is 14.9. The van der Waals surface area contributed by atoms with Crippen molar-refractivity contribution in [3.05, 3.63) is 11.9 Å². The molecule has 1 saturated carbocycles. The molecule has 1 aliphatic carbocycles. The lowest BCUT2D eigenvalue weighted by molar-refractivity contribution is 0.799. The molecule has 0 radical (unpaired) electrons. The topological polar surface area (TPSA) is 41.0 Å². The first-order chi connectivity index (χ1) is 7.74. The van der Waals surface area contributed by atoms with E-state index >= 15 is 0 Å². The van der Waals surface area contributed by atoms with Gasteiger partial charge < -0.3 is 10.2 Å². The minimum Gasteiger partial charge on any atom is -0.370 e. The van der Waals surface area contributed by atoms with Crippen LogP contribution in [-0.2, 0) is 0 Å². The van der Waals surface area contributed by atoms with Crippen molar-refractivity contribution < 1.29 is 0 Å². The van der Waals surface area contributed by atoms with Gasteiger partial charge in [-0.1, -0.05) is 0 Å².